The molecule has 66 valence electrons. The molecule has 0 aromatic carbocycles. The molecule has 0 aliphatic carbocycles. The molecule has 2 nitrogen and oxygen atoms in total. The van der Waals surface area contributed by atoms with E-state index in [1.807, 2.05) is 13.8 Å². The molecule has 0 amide bonds. The van der Waals surface area contributed by atoms with E-state index >= 15 is 0 Å². The van der Waals surface area contributed by atoms with Gasteiger partial charge in [0, 0.05) is 18.4 Å². The van der Waals surface area contributed by atoms with Crippen molar-refractivity contribution in [2.45, 2.75) is 40.0 Å². The van der Waals surface area contributed by atoms with Gasteiger partial charge in [-0.25, -0.2) is 0 Å². The highest BCUT2D eigenvalue weighted by atomic mass is 16.1. The normalized spacial score (nSPS) is 11.6. The van der Waals surface area contributed by atoms with Crippen molar-refractivity contribution in [3.05, 3.63) is 0 Å². The maximum atomic E-state index is 11.4. The fourth-order valence-corrected chi connectivity index (χ4v) is 0.790. The van der Waals surface area contributed by atoms with Gasteiger partial charge in [0.15, 0.2) is 0 Å². The molecule has 0 unspecified atom stereocenters. The molecule has 0 fully saturated rings. The van der Waals surface area contributed by atoms with Gasteiger partial charge in [-0.1, -0.05) is 27.2 Å². The van der Waals surface area contributed by atoms with Gasteiger partial charge in [0.2, 0.25) is 0 Å². The van der Waals surface area contributed by atoms with E-state index in [1.165, 1.54) is 0 Å². The van der Waals surface area contributed by atoms with Crippen LogP contribution in [0.1, 0.15) is 40.0 Å². The van der Waals surface area contributed by atoms with E-state index in [1.54, 1.807) is 0 Å². The van der Waals surface area contributed by atoms with E-state index in [0.717, 1.165) is 12.8 Å². The van der Waals surface area contributed by atoms with E-state index in [2.05, 4.69) is 6.92 Å². The zero-order valence-electron chi connectivity index (χ0n) is 7.81. The molecule has 0 aliphatic heterocycles. The van der Waals surface area contributed by atoms with E-state index in [-0.39, 0.29) is 5.41 Å². The van der Waals surface area contributed by atoms with Crippen molar-refractivity contribution < 1.29 is 4.79 Å². The van der Waals surface area contributed by atoms with Gasteiger partial charge in [-0.2, -0.15) is 0 Å². The van der Waals surface area contributed by atoms with Gasteiger partial charge in [-0.3, -0.25) is 4.79 Å². The predicted octanol–water partition coefficient (Wildman–Crippen LogP) is 1.73. The Kier molecular flexibility index (Phi) is 4.34. The van der Waals surface area contributed by atoms with Crippen LogP contribution >= 0.6 is 0 Å². The zero-order valence-corrected chi connectivity index (χ0v) is 7.81. The number of unbranched alkanes of at least 4 members (excludes halogenated alkanes) is 1. The van der Waals surface area contributed by atoms with Crippen LogP contribution < -0.4 is 5.73 Å². The largest absolute Gasteiger partial charge is 0.329 e. The number of carbonyl (C=O) groups is 1. The number of rotatable bonds is 5. The van der Waals surface area contributed by atoms with Crippen molar-refractivity contribution in [2.24, 2.45) is 11.1 Å². The van der Waals surface area contributed by atoms with Crippen molar-refractivity contribution in [1.82, 2.24) is 0 Å². The summed E-state index contributed by atoms with van der Waals surface area (Å²) < 4.78 is 0. The molecule has 0 saturated heterocycles. The second-order valence-electron chi connectivity index (χ2n) is 3.61. The Morgan fingerprint density at radius 2 is 2.00 bits per heavy atom. The third-order valence-corrected chi connectivity index (χ3v) is 2.02. The molecule has 0 bridgehead atoms. The maximum Gasteiger partial charge on any atom is 0.139 e. The first-order chi connectivity index (χ1) is 5.04. The first kappa shape index (κ1) is 10.6. The average molecular weight is 157 g/mol. The van der Waals surface area contributed by atoms with E-state index in [4.69, 9.17) is 5.73 Å². The summed E-state index contributed by atoms with van der Waals surface area (Å²) in [5.74, 6) is 0.293. The lowest BCUT2D eigenvalue weighted by Gasteiger charge is -2.20. The third-order valence-electron chi connectivity index (χ3n) is 2.02. The van der Waals surface area contributed by atoms with Crippen LogP contribution in [0.5, 0.6) is 0 Å². The first-order valence-corrected chi connectivity index (χ1v) is 4.28. The summed E-state index contributed by atoms with van der Waals surface area (Å²) in [5.41, 5.74) is 5.15. The van der Waals surface area contributed by atoms with Crippen LogP contribution in [0.25, 0.3) is 0 Å². The second kappa shape index (κ2) is 4.50. The fourth-order valence-electron chi connectivity index (χ4n) is 0.790. The molecule has 0 aromatic rings. The lowest BCUT2D eigenvalue weighted by molar-refractivity contribution is -0.126. The maximum absolute atomic E-state index is 11.4. The van der Waals surface area contributed by atoms with Gasteiger partial charge in [-0.05, 0) is 6.42 Å². The highest BCUT2D eigenvalue weighted by Gasteiger charge is 2.24. The molecule has 0 rings (SSSR count). The standard InChI is InChI=1S/C9H19NO/c1-4-5-6-8(11)9(2,3)7-10/h4-7,10H2,1-3H3. The smallest absolute Gasteiger partial charge is 0.139 e. The molecule has 0 aliphatic rings. The molecule has 11 heavy (non-hydrogen) atoms. The predicted molar refractivity (Wildman–Crippen MR) is 47.4 cm³/mol. The summed E-state index contributed by atoms with van der Waals surface area (Å²) >= 11 is 0. The van der Waals surface area contributed by atoms with Crippen molar-refractivity contribution in [2.75, 3.05) is 6.54 Å². The molecule has 0 saturated carbocycles. The summed E-state index contributed by atoms with van der Waals surface area (Å²) in [5, 5.41) is 0. The van der Waals surface area contributed by atoms with Crippen molar-refractivity contribution in [3.63, 3.8) is 0 Å². The van der Waals surface area contributed by atoms with Gasteiger partial charge in [0.25, 0.3) is 0 Å². The Morgan fingerprint density at radius 3 is 2.36 bits per heavy atom. The topological polar surface area (TPSA) is 43.1 Å². The second-order valence-corrected chi connectivity index (χ2v) is 3.61. The van der Waals surface area contributed by atoms with Crippen LogP contribution in [0.4, 0.5) is 0 Å². The van der Waals surface area contributed by atoms with Gasteiger partial charge in [0.1, 0.15) is 5.78 Å². The molecular weight excluding hydrogens is 138 g/mol. The first-order valence-electron chi connectivity index (χ1n) is 4.28. The van der Waals surface area contributed by atoms with E-state index in [9.17, 15) is 4.79 Å². The third kappa shape index (κ3) is 3.51. The minimum atomic E-state index is -0.310. The van der Waals surface area contributed by atoms with E-state index < -0.39 is 0 Å². The van der Waals surface area contributed by atoms with Gasteiger partial charge in [-0.15, -0.1) is 0 Å². The number of hydrogen-bond acceptors (Lipinski definition) is 2. The monoisotopic (exact) mass is 157 g/mol. The van der Waals surface area contributed by atoms with Crippen molar-refractivity contribution >= 4 is 5.78 Å². The average Bonchev–Trinajstić information content (AvgIpc) is 2.00. The number of carbonyl (C=O) groups excluding carboxylic acids is 1. The van der Waals surface area contributed by atoms with E-state index in [0.29, 0.717) is 18.7 Å². The Morgan fingerprint density at radius 1 is 1.45 bits per heavy atom. The summed E-state index contributed by atoms with van der Waals surface area (Å²) in [4.78, 5) is 11.4. The number of ketones is 1. The van der Waals surface area contributed by atoms with Crippen molar-refractivity contribution in [1.29, 1.82) is 0 Å². The quantitative estimate of drug-likeness (QED) is 0.660. The number of hydrogen-bond donors (Lipinski definition) is 1. The summed E-state index contributed by atoms with van der Waals surface area (Å²) in [7, 11) is 0. The van der Waals surface area contributed by atoms with Crippen LogP contribution in [-0.2, 0) is 4.79 Å². The molecular formula is C9H19NO. The minimum absolute atomic E-state index is 0.293. The van der Waals surface area contributed by atoms with Crippen LogP contribution in [0.15, 0.2) is 0 Å². The minimum Gasteiger partial charge on any atom is -0.329 e. The van der Waals surface area contributed by atoms with Gasteiger partial charge < -0.3 is 5.73 Å². The molecule has 0 heterocycles. The molecule has 2 heteroatoms. The van der Waals surface area contributed by atoms with Crippen molar-refractivity contribution in [3.8, 4) is 0 Å². The highest BCUT2D eigenvalue weighted by molar-refractivity contribution is 5.84. The summed E-state index contributed by atoms with van der Waals surface area (Å²) in [6.07, 6.45) is 2.75. The van der Waals surface area contributed by atoms with Crippen LogP contribution in [0.2, 0.25) is 0 Å². The SMILES string of the molecule is CCCCC(=O)C(C)(C)CN. The number of Topliss-reactive ketones (excluding diaryl/α,β-unsaturated/α-hetero) is 1. The zero-order chi connectivity index (χ0) is 8.91. The van der Waals surface area contributed by atoms with Crippen LogP contribution in [0, 0.1) is 5.41 Å². The lowest BCUT2D eigenvalue weighted by atomic mass is 9.86. The van der Waals surface area contributed by atoms with Gasteiger partial charge in [0.05, 0.1) is 0 Å². The molecule has 0 aromatic heterocycles. The van der Waals surface area contributed by atoms with Crippen LogP contribution in [-0.4, -0.2) is 12.3 Å². The van der Waals surface area contributed by atoms with Crippen LogP contribution in [0.3, 0.4) is 0 Å². The Labute approximate surface area is 69.2 Å². The Balaban J connectivity index is 3.82. The summed E-state index contributed by atoms with van der Waals surface area (Å²) in [6, 6.07) is 0. The van der Waals surface area contributed by atoms with Gasteiger partial charge >= 0.3 is 0 Å². The Hall–Kier alpha value is -0.370. The molecule has 2 N–H and O–H groups in total. The lowest BCUT2D eigenvalue weighted by Crippen LogP contribution is -2.32. The molecule has 0 radical (unpaired) electrons. The number of nitrogens with two attached hydrogens (primary N) is 1. The summed E-state index contributed by atoms with van der Waals surface area (Å²) in [6.45, 7) is 6.36. The fraction of sp³-hybridized carbons (Fsp3) is 0.889. The highest BCUT2D eigenvalue weighted by Crippen LogP contribution is 2.17. The molecule has 0 atom stereocenters. The molecule has 0 spiro atoms. The Bertz CT molecular complexity index is 130.